The monoisotopic (exact) mass is 278 g/mol. The molecule has 2 aromatic carbocycles. The van der Waals surface area contributed by atoms with E-state index in [0.717, 1.165) is 10.2 Å². The summed E-state index contributed by atoms with van der Waals surface area (Å²) in [5.41, 5.74) is 1.28. The predicted octanol–water partition coefficient (Wildman–Crippen LogP) is 4.73. The molecule has 84 valence electrons. The third kappa shape index (κ3) is 1.94. The molecule has 0 radical (unpaired) electrons. The molecule has 0 heterocycles. The van der Waals surface area contributed by atoms with E-state index < -0.39 is 0 Å². The maximum absolute atomic E-state index is 5.43. The third-order valence-electron chi connectivity index (χ3n) is 2.78. The summed E-state index contributed by atoms with van der Waals surface area (Å²) in [6.45, 7) is 4.39. The van der Waals surface area contributed by atoms with Crippen LogP contribution in [-0.2, 0) is 0 Å². The van der Waals surface area contributed by atoms with E-state index in [-0.39, 0.29) is 0 Å². The van der Waals surface area contributed by atoms with E-state index in [4.69, 9.17) is 4.74 Å². The molecule has 2 heteroatoms. The van der Waals surface area contributed by atoms with Gasteiger partial charge < -0.3 is 4.74 Å². The van der Waals surface area contributed by atoms with E-state index in [1.165, 1.54) is 16.3 Å². The first-order valence-electron chi connectivity index (χ1n) is 5.39. The first-order valence-corrected chi connectivity index (χ1v) is 6.19. The molecule has 0 bridgehead atoms. The van der Waals surface area contributed by atoms with Gasteiger partial charge in [-0.15, -0.1) is 0 Å². The zero-order chi connectivity index (χ0) is 11.7. The lowest BCUT2D eigenvalue weighted by atomic mass is 9.95. The Morgan fingerprint density at radius 3 is 2.50 bits per heavy atom. The Morgan fingerprint density at radius 1 is 1.12 bits per heavy atom. The van der Waals surface area contributed by atoms with Gasteiger partial charge in [-0.1, -0.05) is 41.9 Å². The highest BCUT2D eigenvalue weighted by molar-refractivity contribution is 9.10. The largest absolute Gasteiger partial charge is 0.496 e. The summed E-state index contributed by atoms with van der Waals surface area (Å²) in [6, 6.07) is 10.5. The normalized spacial score (nSPS) is 11.1. The number of fused-ring (bicyclic) bond motifs is 1. The average Bonchev–Trinajstić information content (AvgIpc) is 2.26. The SMILES string of the molecule is COc1ccc2cc(Br)ccc2c1C(C)C. The second-order valence-corrected chi connectivity index (χ2v) is 5.12. The minimum Gasteiger partial charge on any atom is -0.496 e. The van der Waals surface area contributed by atoms with Gasteiger partial charge in [-0.25, -0.2) is 0 Å². The molecule has 0 aromatic heterocycles. The van der Waals surface area contributed by atoms with Crippen LogP contribution >= 0.6 is 15.9 Å². The lowest BCUT2D eigenvalue weighted by molar-refractivity contribution is 0.408. The first-order chi connectivity index (χ1) is 7.63. The lowest BCUT2D eigenvalue weighted by Crippen LogP contribution is -1.95. The van der Waals surface area contributed by atoms with Crippen LogP contribution in [0.3, 0.4) is 0 Å². The highest BCUT2D eigenvalue weighted by atomic mass is 79.9. The van der Waals surface area contributed by atoms with Crippen molar-refractivity contribution in [3.8, 4) is 5.75 Å². The molecule has 2 aromatic rings. The van der Waals surface area contributed by atoms with Crippen molar-refractivity contribution in [3.05, 3.63) is 40.4 Å². The van der Waals surface area contributed by atoms with Crippen LogP contribution < -0.4 is 4.74 Å². The van der Waals surface area contributed by atoms with Gasteiger partial charge in [0, 0.05) is 10.0 Å². The number of hydrogen-bond donors (Lipinski definition) is 0. The fourth-order valence-electron chi connectivity index (χ4n) is 2.08. The zero-order valence-corrected chi connectivity index (χ0v) is 11.3. The number of ether oxygens (including phenoxy) is 1. The van der Waals surface area contributed by atoms with Crippen LogP contribution in [0.1, 0.15) is 25.3 Å². The van der Waals surface area contributed by atoms with E-state index in [9.17, 15) is 0 Å². The third-order valence-corrected chi connectivity index (χ3v) is 3.27. The summed E-state index contributed by atoms with van der Waals surface area (Å²) in [4.78, 5) is 0. The van der Waals surface area contributed by atoms with Gasteiger partial charge in [0.1, 0.15) is 5.75 Å². The summed E-state index contributed by atoms with van der Waals surface area (Å²) < 4.78 is 6.54. The molecule has 0 spiro atoms. The van der Waals surface area contributed by atoms with Gasteiger partial charge >= 0.3 is 0 Å². The van der Waals surface area contributed by atoms with Gasteiger partial charge in [0.2, 0.25) is 0 Å². The van der Waals surface area contributed by atoms with Crippen LogP contribution in [0.15, 0.2) is 34.8 Å². The van der Waals surface area contributed by atoms with Crippen LogP contribution in [0.2, 0.25) is 0 Å². The standard InChI is InChI=1S/C14H15BrO/c1-9(2)14-12-6-5-11(15)8-10(12)4-7-13(14)16-3/h4-9H,1-3H3. The molecule has 0 saturated heterocycles. The van der Waals surface area contributed by atoms with Crippen molar-refractivity contribution >= 4 is 26.7 Å². The molecule has 2 rings (SSSR count). The van der Waals surface area contributed by atoms with Crippen molar-refractivity contribution in [2.24, 2.45) is 0 Å². The fraction of sp³-hybridized carbons (Fsp3) is 0.286. The van der Waals surface area contributed by atoms with Crippen LogP contribution in [0, 0.1) is 0 Å². The maximum atomic E-state index is 5.43. The van der Waals surface area contributed by atoms with Crippen LogP contribution in [-0.4, -0.2) is 7.11 Å². The Hall–Kier alpha value is -1.02. The van der Waals surface area contributed by atoms with E-state index in [1.54, 1.807) is 7.11 Å². The molecule has 0 unspecified atom stereocenters. The van der Waals surface area contributed by atoms with Gasteiger partial charge in [-0.2, -0.15) is 0 Å². The van der Waals surface area contributed by atoms with E-state index in [1.807, 2.05) is 6.07 Å². The van der Waals surface area contributed by atoms with Gasteiger partial charge in [-0.05, 0) is 34.9 Å². The van der Waals surface area contributed by atoms with Gasteiger partial charge in [0.05, 0.1) is 7.11 Å². The molecule has 0 N–H and O–H groups in total. The van der Waals surface area contributed by atoms with Crippen LogP contribution in [0.5, 0.6) is 5.75 Å². The quantitative estimate of drug-likeness (QED) is 0.771. The Kier molecular flexibility index (Phi) is 3.20. The van der Waals surface area contributed by atoms with Gasteiger partial charge in [0.15, 0.2) is 0 Å². The number of halogens is 1. The Morgan fingerprint density at radius 2 is 1.88 bits per heavy atom. The van der Waals surface area contributed by atoms with Crippen molar-refractivity contribution in [1.29, 1.82) is 0 Å². The Balaban J connectivity index is 2.79. The average molecular weight is 279 g/mol. The Labute approximate surface area is 105 Å². The molecule has 0 aliphatic carbocycles. The first kappa shape index (κ1) is 11.5. The zero-order valence-electron chi connectivity index (χ0n) is 9.75. The molecule has 0 aliphatic rings. The molecule has 0 aliphatic heterocycles. The molecule has 1 nitrogen and oxygen atoms in total. The van der Waals surface area contributed by atoms with Crippen LogP contribution in [0.4, 0.5) is 0 Å². The number of hydrogen-bond acceptors (Lipinski definition) is 1. The van der Waals surface area contributed by atoms with Gasteiger partial charge in [0.25, 0.3) is 0 Å². The van der Waals surface area contributed by atoms with Crippen molar-refractivity contribution in [3.63, 3.8) is 0 Å². The molecule has 0 saturated carbocycles. The highest BCUT2D eigenvalue weighted by Gasteiger charge is 2.11. The van der Waals surface area contributed by atoms with E-state index >= 15 is 0 Å². The summed E-state index contributed by atoms with van der Waals surface area (Å²) >= 11 is 3.50. The van der Waals surface area contributed by atoms with Crippen molar-refractivity contribution in [1.82, 2.24) is 0 Å². The van der Waals surface area contributed by atoms with E-state index in [2.05, 4.69) is 54.0 Å². The minimum absolute atomic E-state index is 0.458. The highest BCUT2D eigenvalue weighted by Crippen LogP contribution is 2.34. The number of rotatable bonds is 2. The summed E-state index contributed by atoms with van der Waals surface area (Å²) in [7, 11) is 1.73. The van der Waals surface area contributed by atoms with E-state index in [0.29, 0.717) is 5.92 Å². The molecule has 0 atom stereocenters. The second-order valence-electron chi connectivity index (χ2n) is 4.20. The lowest BCUT2D eigenvalue weighted by Gasteiger charge is -2.15. The Bertz CT molecular complexity index is 517. The van der Waals surface area contributed by atoms with Crippen LogP contribution in [0.25, 0.3) is 10.8 Å². The molecule has 0 amide bonds. The molecule has 0 fully saturated rings. The predicted molar refractivity (Wildman–Crippen MR) is 72.3 cm³/mol. The molecule has 16 heavy (non-hydrogen) atoms. The fourth-order valence-corrected chi connectivity index (χ4v) is 2.46. The van der Waals surface area contributed by atoms with Crippen molar-refractivity contribution < 1.29 is 4.74 Å². The second kappa shape index (κ2) is 4.46. The summed E-state index contributed by atoms with van der Waals surface area (Å²) in [5, 5.41) is 2.52. The maximum Gasteiger partial charge on any atom is 0.122 e. The summed E-state index contributed by atoms with van der Waals surface area (Å²) in [5.74, 6) is 1.43. The minimum atomic E-state index is 0.458. The molecular weight excluding hydrogens is 264 g/mol. The van der Waals surface area contributed by atoms with Crippen molar-refractivity contribution in [2.75, 3.05) is 7.11 Å². The number of methoxy groups -OCH3 is 1. The smallest absolute Gasteiger partial charge is 0.122 e. The topological polar surface area (TPSA) is 9.23 Å². The summed E-state index contributed by atoms with van der Waals surface area (Å²) in [6.07, 6.45) is 0. The molecular formula is C14H15BrO. The van der Waals surface area contributed by atoms with Gasteiger partial charge in [-0.3, -0.25) is 0 Å². The number of benzene rings is 2. The van der Waals surface area contributed by atoms with Crippen molar-refractivity contribution in [2.45, 2.75) is 19.8 Å².